The van der Waals surface area contributed by atoms with E-state index >= 15 is 0 Å². The van der Waals surface area contributed by atoms with Gasteiger partial charge in [-0.05, 0) is 40.3 Å². The Hall–Kier alpha value is -2.10. The van der Waals surface area contributed by atoms with Gasteiger partial charge in [0.2, 0.25) is 11.1 Å². The Kier molecular flexibility index (Phi) is 6.70. The van der Waals surface area contributed by atoms with Gasteiger partial charge in [0, 0.05) is 11.9 Å². The lowest BCUT2D eigenvalue weighted by Crippen LogP contribution is -2.27. The van der Waals surface area contributed by atoms with Crippen LogP contribution in [0.2, 0.25) is 4.34 Å². The van der Waals surface area contributed by atoms with Crippen LogP contribution in [0, 0.1) is 0 Å². The quantitative estimate of drug-likeness (QED) is 0.518. The Bertz CT molecular complexity index is 897. The van der Waals surface area contributed by atoms with Crippen LogP contribution in [0.3, 0.4) is 0 Å². The number of rotatable bonds is 8. The van der Waals surface area contributed by atoms with E-state index in [0.717, 1.165) is 20.5 Å². The number of thioether (sulfide) groups is 1. The zero-order chi connectivity index (χ0) is 19.2. The van der Waals surface area contributed by atoms with Crippen molar-refractivity contribution in [2.45, 2.75) is 18.2 Å². The van der Waals surface area contributed by atoms with Gasteiger partial charge in [-0.25, -0.2) is 4.68 Å². The van der Waals surface area contributed by atoms with Crippen molar-refractivity contribution in [1.82, 2.24) is 25.1 Å². The predicted molar refractivity (Wildman–Crippen MR) is 106 cm³/mol. The Morgan fingerprint density at radius 2 is 2.07 bits per heavy atom. The first-order valence-corrected chi connectivity index (χ1v) is 10.2. The largest absolute Gasteiger partial charge is 0.497 e. The van der Waals surface area contributed by atoms with E-state index in [1.165, 1.54) is 23.1 Å². The third-order valence-electron chi connectivity index (χ3n) is 3.76. The summed E-state index contributed by atoms with van der Waals surface area (Å²) in [7, 11) is 3.41. The zero-order valence-corrected chi connectivity index (χ0v) is 17.2. The third kappa shape index (κ3) is 5.44. The van der Waals surface area contributed by atoms with Gasteiger partial charge in [-0.1, -0.05) is 35.5 Å². The van der Waals surface area contributed by atoms with Crippen molar-refractivity contribution in [2.24, 2.45) is 0 Å². The second-order valence-corrected chi connectivity index (χ2v) is 8.45. The molecule has 3 aromatic rings. The second kappa shape index (κ2) is 9.20. The van der Waals surface area contributed by atoms with Crippen molar-refractivity contribution in [3.63, 3.8) is 0 Å². The van der Waals surface area contributed by atoms with Crippen molar-refractivity contribution < 1.29 is 9.53 Å². The summed E-state index contributed by atoms with van der Waals surface area (Å²) in [5.41, 5.74) is 1.04. The summed E-state index contributed by atoms with van der Waals surface area (Å²) in [6.07, 6.45) is 0. The summed E-state index contributed by atoms with van der Waals surface area (Å²) in [5.74, 6) is 1.06. The van der Waals surface area contributed by atoms with E-state index in [4.69, 9.17) is 16.3 Å². The van der Waals surface area contributed by atoms with Gasteiger partial charge in [-0.2, -0.15) is 0 Å². The van der Waals surface area contributed by atoms with E-state index in [1.54, 1.807) is 23.7 Å². The van der Waals surface area contributed by atoms with E-state index in [1.807, 2.05) is 36.4 Å². The van der Waals surface area contributed by atoms with Gasteiger partial charge in [-0.3, -0.25) is 4.79 Å². The number of hydrogen-bond donors (Lipinski definition) is 0. The average Bonchev–Trinajstić information content (AvgIpc) is 3.29. The van der Waals surface area contributed by atoms with Crippen molar-refractivity contribution >= 4 is 40.6 Å². The summed E-state index contributed by atoms with van der Waals surface area (Å²) in [5, 5.41) is 12.4. The number of aromatic nitrogens is 4. The molecule has 7 nitrogen and oxygen atoms in total. The Morgan fingerprint density at radius 1 is 1.30 bits per heavy atom. The summed E-state index contributed by atoms with van der Waals surface area (Å²) < 4.78 is 7.56. The molecule has 2 aromatic heterocycles. The predicted octanol–water partition coefficient (Wildman–Crippen LogP) is 3.20. The van der Waals surface area contributed by atoms with Crippen LogP contribution in [0.15, 0.2) is 41.6 Å². The van der Waals surface area contributed by atoms with Crippen LogP contribution in [-0.2, 0) is 17.9 Å². The third-order valence-corrected chi connectivity index (χ3v) is 5.92. The van der Waals surface area contributed by atoms with Crippen molar-refractivity contribution in [2.75, 3.05) is 19.9 Å². The van der Waals surface area contributed by atoms with E-state index in [0.29, 0.717) is 18.2 Å². The van der Waals surface area contributed by atoms with E-state index < -0.39 is 0 Å². The lowest BCUT2D eigenvalue weighted by Gasteiger charge is -2.15. The van der Waals surface area contributed by atoms with Gasteiger partial charge < -0.3 is 9.64 Å². The SMILES string of the molecule is COc1ccc(Cn2nnnc2SCC(=O)N(C)Cc2ccc(Cl)s2)cc1. The molecule has 0 saturated heterocycles. The fraction of sp³-hybridized carbons (Fsp3) is 0.294. The van der Waals surface area contributed by atoms with Crippen molar-refractivity contribution in [3.05, 3.63) is 51.2 Å². The summed E-state index contributed by atoms with van der Waals surface area (Å²) in [6.45, 7) is 1.06. The molecule has 0 atom stereocenters. The number of nitrogens with zero attached hydrogens (tertiary/aromatic N) is 5. The van der Waals surface area contributed by atoms with Gasteiger partial charge in [-0.15, -0.1) is 16.4 Å². The molecular formula is C17H18ClN5O2S2. The fourth-order valence-corrected chi connectivity index (χ4v) is 4.26. The Labute approximate surface area is 170 Å². The molecule has 3 rings (SSSR count). The smallest absolute Gasteiger partial charge is 0.233 e. The fourth-order valence-electron chi connectivity index (χ4n) is 2.30. The first-order valence-electron chi connectivity index (χ1n) is 8.05. The zero-order valence-electron chi connectivity index (χ0n) is 14.8. The van der Waals surface area contributed by atoms with E-state index in [-0.39, 0.29) is 11.7 Å². The maximum absolute atomic E-state index is 12.4. The molecule has 0 spiro atoms. The number of methoxy groups -OCH3 is 1. The molecule has 10 heteroatoms. The average molecular weight is 424 g/mol. The number of carbonyl (C=O) groups is 1. The monoisotopic (exact) mass is 423 g/mol. The molecule has 0 saturated carbocycles. The van der Waals surface area contributed by atoms with Crippen molar-refractivity contribution in [1.29, 1.82) is 0 Å². The molecule has 0 unspecified atom stereocenters. The summed E-state index contributed by atoms with van der Waals surface area (Å²) >= 11 is 8.73. The highest BCUT2D eigenvalue weighted by Crippen LogP contribution is 2.23. The standard InChI is InChI=1S/C17H18ClN5O2S2/c1-22(10-14-7-8-15(18)27-14)16(24)11-26-17-19-20-21-23(17)9-12-3-5-13(25-2)6-4-12/h3-8H,9-11H2,1-2H3. The number of benzene rings is 1. The maximum atomic E-state index is 12.4. The highest BCUT2D eigenvalue weighted by atomic mass is 35.5. The number of halogens is 1. The molecule has 1 amide bonds. The highest BCUT2D eigenvalue weighted by Gasteiger charge is 2.14. The highest BCUT2D eigenvalue weighted by molar-refractivity contribution is 7.99. The molecule has 27 heavy (non-hydrogen) atoms. The Balaban J connectivity index is 1.55. The topological polar surface area (TPSA) is 73.1 Å². The minimum absolute atomic E-state index is 0.00326. The van der Waals surface area contributed by atoms with Crippen LogP contribution in [0.1, 0.15) is 10.4 Å². The number of hydrogen-bond acceptors (Lipinski definition) is 7. The number of amides is 1. The number of ether oxygens (including phenoxy) is 1. The van der Waals surface area contributed by atoms with E-state index in [9.17, 15) is 4.79 Å². The maximum Gasteiger partial charge on any atom is 0.233 e. The minimum Gasteiger partial charge on any atom is -0.497 e. The molecule has 142 valence electrons. The molecule has 0 aliphatic heterocycles. The number of carbonyl (C=O) groups excluding carboxylic acids is 1. The van der Waals surface area contributed by atoms with Gasteiger partial charge in [0.05, 0.1) is 30.3 Å². The first kappa shape index (κ1) is 19.7. The second-order valence-electron chi connectivity index (χ2n) is 5.71. The Morgan fingerprint density at radius 3 is 2.74 bits per heavy atom. The van der Waals surface area contributed by atoms with Crippen LogP contribution in [-0.4, -0.2) is 50.9 Å². The van der Waals surface area contributed by atoms with Crippen LogP contribution >= 0.6 is 34.7 Å². The number of thiophene rings is 1. The van der Waals surface area contributed by atoms with Crippen LogP contribution in [0.5, 0.6) is 5.75 Å². The molecule has 2 heterocycles. The summed E-state index contributed by atoms with van der Waals surface area (Å²) in [4.78, 5) is 15.1. The molecular weight excluding hydrogens is 406 g/mol. The molecule has 0 aliphatic rings. The minimum atomic E-state index is 0.00326. The van der Waals surface area contributed by atoms with Gasteiger partial charge >= 0.3 is 0 Å². The lowest BCUT2D eigenvalue weighted by atomic mass is 10.2. The first-order chi connectivity index (χ1) is 13.0. The van der Waals surface area contributed by atoms with Crippen LogP contribution in [0.4, 0.5) is 0 Å². The normalized spacial score (nSPS) is 10.8. The number of tetrazole rings is 1. The van der Waals surface area contributed by atoms with Gasteiger partial charge in [0.25, 0.3) is 0 Å². The van der Waals surface area contributed by atoms with Crippen molar-refractivity contribution in [3.8, 4) is 5.75 Å². The summed E-state index contributed by atoms with van der Waals surface area (Å²) in [6, 6.07) is 11.5. The molecule has 0 fully saturated rings. The van der Waals surface area contributed by atoms with Gasteiger partial charge in [0.1, 0.15) is 5.75 Å². The van der Waals surface area contributed by atoms with Crippen LogP contribution < -0.4 is 4.74 Å². The lowest BCUT2D eigenvalue weighted by molar-refractivity contribution is -0.127. The van der Waals surface area contributed by atoms with Crippen LogP contribution in [0.25, 0.3) is 0 Å². The molecule has 0 aliphatic carbocycles. The molecule has 0 bridgehead atoms. The molecule has 0 N–H and O–H groups in total. The van der Waals surface area contributed by atoms with E-state index in [2.05, 4.69) is 15.5 Å². The molecule has 1 aromatic carbocycles. The molecule has 0 radical (unpaired) electrons. The van der Waals surface area contributed by atoms with Gasteiger partial charge in [0.15, 0.2) is 0 Å².